The van der Waals surface area contributed by atoms with Crippen molar-refractivity contribution >= 4 is 17.3 Å². The van der Waals surface area contributed by atoms with Crippen LogP contribution in [0.25, 0.3) is 0 Å². The van der Waals surface area contributed by atoms with Gasteiger partial charge in [0.15, 0.2) is 5.96 Å². The van der Waals surface area contributed by atoms with Crippen LogP contribution < -0.4 is 10.6 Å². The van der Waals surface area contributed by atoms with E-state index in [-0.39, 0.29) is 24.3 Å². The Kier molecular flexibility index (Phi) is 6.93. The summed E-state index contributed by atoms with van der Waals surface area (Å²) in [6.07, 6.45) is -2.68. The van der Waals surface area contributed by atoms with Crippen molar-refractivity contribution in [3.63, 3.8) is 0 Å². The summed E-state index contributed by atoms with van der Waals surface area (Å²) >= 11 is 1.59. The lowest BCUT2D eigenvalue weighted by Gasteiger charge is -2.31. The van der Waals surface area contributed by atoms with E-state index in [1.54, 1.807) is 11.3 Å². The molecule has 2 rings (SSSR count). The van der Waals surface area contributed by atoms with Crippen LogP contribution in [0.5, 0.6) is 0 Å². The molecule has 0 radical (unpaired) electrons. The predicted molar refractivity (Wildman–Crippen MR) is 101 cm³/mol. The minimum absolute atomic E-state index is 0.0122. The number of rotatable bonds is 4. The maximum atomic E-state index is 12.8. The molecule has 0 saturated heterocycles. The molecule has 26 heavy (non-hydrogen) atoms. The van der Waals surface area contributed by atoms with Gasteiger partial charge in [0.2, 0.25) is 0 Å². The molecule has 1 aromatic heterocycles. The van der Waals surface area contributed by atoms with Crippen molar-refractivity contribution in [2.45, 2.75) is 77.6 Å². The highest BCUT2D eigenvalue weighted by atomic mass is 32.1. The van der Waals surface area contributed by atoms with Crippen LogP contribution in [0.2, 0.25) is 0 Å². The Morgan fingerprint density at radius 3 is 2.38 bits per heavy atom. The number of alkyl halides is 3. The van der Waals surface area contributed by atoms with Crippen molar-refractivity contribution in [1.29, 1.82) is 0 Å². The van der Waals surface area contributed by atoms with E-state index in [0.29, 0.717) is 31.9 Å². The number of hydrogen-bond donors (Lipinski definition) is 2. The fourth-order valence-electron chi connectivity index (χ4n) is 2.95. The molecular weight excluding hydrogens is 361 g/mol. The molecule has 1 heterocycles. The quantitative estimate of drug-likeness (QED) is 0.583. The van der Waals surface area contributed by atoms with Gasteiger partial charge in [-0.1, -0.05) is 20.8 Å². The van der Waals surface area contributed by atoms with Crippen molar-refractivity contribution in [2.24, 2.45) is 10.9 Å². The number of aliphatic imine (C=N–C) groups is 1. The highest BCUT2D eigenvalue weighted by Crippen LogP contribution is 2.37. The van der Waals surface area contributed by atoms with E-state index in [9.17, 15) is 13.2 Å². The van der Waals surface area contributed by atoms with E-state index in [1.165, 1.54) is 0 Å². The van der Waals surface area contributed by atoms with Gasteiger partial charge in [-0.2, -0.15) is 13.2 Å². The second-order valence-electron chi connectivity index (χ2n) is 7.81. The number of nitrogens with one attached hydrogen (secondary N) is 2. The van der Waals surface area contributed by atoms with Crippen LogP contribution in [0, 0.1) is 5.92 Å². The Balaban J connectivity index is 1.92. The minimum atomic E-state index is -4.07. The summed E-state index contributed by atoms with van der Waals surface area (Å²) in [5.74, 6) is -0.512. The van der Waals surface area contributed by atoms with Crippen molar-refractivity contribution < 1.29 is 13.2 Å². The molecule has 1 fully saturated rings. The number of aromatic nitrogens is 1. The zero-order valence-corrected chi connectivity index (χ0v) is 16.7. The van der Waals surface area contributed by atoms with Crippen LogP contribution in [0.1, 0.15) is 64.1 Å². The van der Waals surface area contributed by atoms with E-state index < -0.39 is 12.1 Å². The van der Waals surface area contributed by atoms with E-state index in [2.05, 4.69) is 46.8 Å². The largest absolute Gasteiger partial charge is 0.391 e. The second kappa shape index (κ2) is 8.59. The molecule has 1 aliphatic rings. The molecular formula is C18H29F3N4S. The first kappa shape index (κ1) is 21.0. The Morgan fingerprint density at radius 2 is 1.88 bits per heavy atom. The summed E-state index contributed by atoms with van der Waals surface area (Å²) in [7, 11) is 0. The van der Waals surface area contributed by atoms with Crippen LogP contribution in [0.15, 0.2) is 10.4 Å². The third-order valence-corrected chi connectivity index (χ3v) is 5.40. The van der Waals surface area contributed by atoms with Crippen molar-refractivity contribution in [3.05, 3.63) is 16.1 Å². The molecule has 1 aliphatic carbocycles. The molecule has 4 nitrogen and oxygen atoms in total. The van der Waals surface area contributed by atoms with Crippen LogP contribution in [-0.4, -0.2) is 29.7 Å². The van der Waals surface area contributed by atoms with Crippen molar-refractivity contribution in [3.8, 4) is 0 Å². The maximum Gasteiger partial charge on any atom is 0.391 e. The zero-order chi connectivity index (χ0) is 19.4. The monoisotopic (exact) mass is 390 g/mol. The van der Waals surface area contributed by atoms with Gasteiger partial charge in [0.1, 0.15) is 5.01 Å². The predicted octanol–water partition coefficient (Wildman–Crippen LogP) is 4.62. The molecule has 0 atom stereocenters. The van der Waals surface area contributed by atoms with E-state index in [1.807, 2.05) is 6.92 Å². The Morgan fingerprint density at radius 1 is 1.23 bits per heavy atom. The highest BCUT2D eigenvalue weighted by Gasteiger charge is 2.41. The van der Waals surface area contributed by atoms with Crippen LogP contribution >= 0.6 is 11.3 Å². The maximum absolute atomic E-state index is 12.8. The molecule has 0 aliphatic heterocycles. The van der Waals surface area contributed by atoms with Gasteiger partial charge in [-0.3, -0.25) is 0 Å². The van der Waals surface area contributed by atoms with Gasteiger partial charge >= 0.3 is 6.18 Å². The third kappa shape index (κ3) is 6.14. The fourth-order valence-corrected chi connectivity index (χ4v) is 3.90. The lowest BCUT2D eigenvalue weighted by molar-refractivity contribution is -0.182. The first-order valence-corrected chi connectivity index (χ1v) is 10.0. The van der Waals surface area contributed by atoms with Gasteiger partial charge in [0, 0.05) is 23.4 Å². The van der Waals surface area contributed by atoms with E-state index in [0.717, 1.165) is 10.7 Å². The lowest BCUT2D eigenvalue weighted by Crippen LogP contribution is -2.45. The molecule has 1 aromatic rings. The highest BCUT2D eigenvalue weighted by molar-refractivity contribution is 7.09. The average molecular weight is 391 g/mol. The van der Waals surface area contributed by atoms with Crippen molar-refractivity contribution in [1.82, 2.24) is 15.6 Å². The molecule has 0 unspecified atom stereocenters. The zero-order valence-electron chi connectivity index (χ0n) is 15.9. The Hall–Kier alpha value is -1.31. The summed E-state index contributed by atoms with van der Waals surface area (Å²) in [6.45, 7) is 9.51. The Bertz CT molecular complexity index is 596. The standard InChI is InChI=1S/C18H29F3N4S/c1-5-22-16(23-10-15-25-14(11-26-15)17(2,3)4)24-13-8-6-12(7-9-13)18(19,20)21/h11-13H,5-10H2,1-4H3,(H2,22,23,24). The normalized spacial score (nSPS) is 22.3. The van der Waals surface area contributed by atoms with Crippen LogP contribution in [0.4, 0.5) is 13.2 Å². The van der Waals surface area contributed by atoms with Gasteiger partial charge in [-0.05, 0) is 32.6 Å². The summed E-state index contributed by atoms with van der Waals surface area (Å²) in [4.78, 5) is 9.19. The number of thiazole rings is 1. The molecule has 8 heteroatoms. The average Bonchev–Trinajstić information content (AvgIpc) is 3.02. The number of halogens is 3. The van der Waals surface area contributed by atoms with Gasteiger partial charge in [-0.25, -0.2) is 9.98 Å². The summed E-state index contributed by atoms with van der Waals surface area (Å²) in [5, 5.41) is 9.45. The third-order valence-electron chi connectivity index (χ3n) is 4.57. The summed E-state index contributed by atoms with van der Waals surface area (Å²) in [6, 6.07) is 0.0350. The first-order chi connectivity index (χ1) is 12.1. The Labute approximate surface area is 157 Å². The molecule has 0 bridgehead atoms. The van der Waals surface area contributed by atoms with Crippen LogP contribution in [0.3, 0.4) is 0 Å². The SMILES string of the molecule is CCNC(=NCc1nc(C(C)(C)C)cs1)NC1CCC(C(F)(F)F)CC1. The van der Waals surface area contributed by atoms with Gasteiger partial charge in [0.25, 0.3) is 0 Å². The smallest absolute Gasteiger partial charge is 0.357 e. The fraction of sp³-hybridized carbons (Fsp3) is 0.778. The minimum Gasteiger partial charge on any atom is -0.357 e. The molecule has 0 aromatic carbocycles. The van der Waals surface area contributed by atoms with E-state index in [4.69, 9.17) is 0 Å². The van der Waals surface area contributed by atoms with Gasteiger partial charge in [0.05, 0.1) is 18.2 Å². The van der Waals surface area contributed by atoms with Crippen LogP contribution in [-0.2, 0) is 12.0 Å². The lowest BCUT2D eigenvalue weighted by atomic mass is 9.85. The molecule has 0 amide bonds. The summed E-state index contributed by atoms with van der Waals surface area (Å²) in [5.41, 5.74) is 1.06. The molecule has 1 saturated carbocycles. The number of guanidine groups is 1. The summed E-state index contributed by atoms with van der Waals surface area (Å²) < 4.78 is 38.4. The van der Waals surface area contributed by atoms with Gasteiger partial charge < -0.3 is 10.6 Å². The van der Waals surface area contributed by atoms with Crippen molar-refractivity contribution in [2.75, 3.05) is 6.54 Å². The topological polar surface area (TPSA) is 49.3 Å². The number of nitrogens with zero attached hydrogens (tertiary/aromatic N) is 2. The second-order valence-corrected chi connectivity index (χ2v) is 8.75. The van der Waals surface area contributed by atoms with Gasteiger partial charge in [-0.15, -0.1) is 11.3 Å². The molecule has 2 N–H and O–H groups in total. The van der Waals surface area contributed by atoms with E-state index >= 15 is 0 Å². The number of hydrogen-bond acceptors (Lipinski definition) is 3. The molecule has 148 valence electrons. The first-order valence-electron chi connectivity index (χ1n) is 9.16. The molecule has 0 spiro atoms.